The first-order chi connectivity index (χ1) is 4.72. The zero-order chi connectivity index (χ0) is 7.98. The van der Waals surface area contributed by atoms with Crippen LogP contribution in [0.2, 0.25) is 0 Å². The summed E-state index contributed by atoms with van der Waals surface area (Å²) in [5.74, 6) is -1.10. The van der Waals surface area contributed by atoms with Crippen LogP contribution in [-0.4, -0.2) is 5.97 Å². The quantitative estimate of drug-likeness (QED) is 0.629. The second kappa shape index (κ2) is 8.09. The molecule has 0 amide bonds. The van der Waals surface area contributed by atoms with Crippen LogP contribution in [0.25, 0.3) is 0 Å². The van der Waals surface area contributed by atoms with Crippen LogP contribution in [0.5, 0.6) is 0 Å². The molecule has 0 spiro atoms. The molecule has 0 aliphatic rings. The third-order valence-corrected chi connectivity index (χ3v) is 1.61. The summed E-state index contributed by atoms with van der Waals surface area (Å²) in [5, 5.41) is 10.4. The second-order valence-electron chi connectivity index (χ2n) is 2.59. The van der Waals surface area contributed by atoms with Gasteiger partial charge in [0.05, 0.1) is 0 Å². The zero-order valence-corrected chi connectivity index (χ0v) is 7.97. The number of carbonyl (C=O) groups is 1. The van der Waals surface area contributed by atoms with Crippen LogP contribution >= 0.6 is 0 Å². The number of carbonyl (C=O) groups excluding carboxylic acids is 1. The third-order valence-electron chi connectivity index (χ3n) is 1.61. The molecule has 0 aromatic rings. The largest absolute Gasteiger partial charge is 2.00 e. The molecule has 11 heavy (non-hydrogen) atoms. The number of carboxylic acid groups (broad SMARTS) is 1. The molecule has 0 aliphatic heterocycles. The van der Waals surface area contributed by atoms with Crippen molar-refractivity contribution in [2.75, 3.05) is 0 Å². The fraction of sp³-hybridized carbons (Fsp3) is 0.875. The summed E-state index contributed by atoms with van der Waals surface area (Å²) in [6.07, 6.45) is 3.38. The van der Waals surface area contributed by atoms with Gasteiger partial charge >= 0.3 is 17.1 Å². The number of aliphatic carboxylic acids is 1. The normalized spacial score (nSPS) is 9.36. The minimum Gasteiger partial charge on any atom is -0.550 e. The molecule has 0 rings (SSSR count). The Morgan fingerprint density at radius 3 is 1.82 bits per heavy atom. The topological polar surface area (TPSA) is 40.1 Å². The van der Waals surface area contributed by atoms with Crippen molar-refractivity contribution in [3.8, 4) is 0 Å². The van der Waals surface area contributed by atoms with Crippen molar-refractivity contribution in [2.24, 2.45) is 5.92 Å². The summed E-state index contributed by atoms with van der Waals surface area (Å²) < 4.78 is 0. The van der Waals surface area contributed by atoms with Crippen LogP contribution in [0.1, 0.15) is 39.5 Å². The molecule has 0 fully saturated rings. The minimum atomic E-state index is -0.885. The Bertz CT molecular complexity index is 98.3. The fourth-order valence-electron chi connectivity index (χ4n) is 1.08. The Morgan fingerprint density at radius 1 is 1.27 bits per heavy atom. The number of hydrogen-bond acceptors (Lipinski definition) is 2. The van der Waals surface area contributed by atoms with Crippen LogP contribution < -0.4 is 5.11 Å². The monoisotopic (exact) mass is 206 g/mol. The van der Waals surface area contributed by atoms with Crippen molar-refractivity contribution in [3.05, 3.63) is 0 Å². The van der Waals surface area contributed by atoms with Gasteiger partial charge in [0.1, 0.15) is 0 Å². The smallest absolute Gasteiger partial charge is 0.550 e. The van der Waals surface area contributed by atoms with Crippen molar-refractivity contribution in [1.82, 2.24) is 0 Å². The summed E-state index contributed by atoms with van der Waals surface area (Å²) in [6, 6.07) is 0. The second-order valence-corrected chi connectivity index (χ2v) is 2.59. The van der Waals surface area contributed by atoms with Gasteiger partial charge in [-0.3, -0.25) is 0 Å². The molecule has 0 N–H and O–H groups in total. The van der Waals surface area contributed by atoms with Gasteiger partial charge in [-0.05, 0) is 18.8 Å². The Hall–Kier alpha value is -0.0105. The molecule has 0 atom stereocenters. The van der Waals surface area contributed by atoms with Gasteiger partial charge in [0.25, 0.3) is 0 Å². The Labute approximate surface area is 78.8 Å². The fourth-order valence-corrected chi connectivity index (χ4v) is 1.08. The first-order valence-electron chi connectivity index (χ1n) is 3.93. The first-order valence-corrected chi connectivity index (χ1v) is 3.93. The van der Waals surface area contributed by atoms with E-state index in [1.165, 1.54) is 0 Å². The van der Waals surface area contributed by atoms with Gasteiger partial charge in [-0.2, -0.15) is 0 Å². The predicted octanol–water partition coefficient (Wildman–Crippen LogP) is 0.950. The van der Waals surface area contributed by atoms with E-state index < -0.39 is 5.97 Å². The molecule has 0 aromatic carbocycles. The maximum absolute atomic E-state index is 10.4. The summed E-state index contributed by atoms with van der Waals surface area (Å²) in [5.41, 5.74) is 0. The third kappa shape index (κ3) is 6.39. The van der Waals surface area contributed by atoms with Gasteiger partial charge in [-0.1, -0.05) is 26.7 Å². The van der Waals surface area contributed by atoms with Gasteiger partial charge < -0.3 is 9.90 Å². The van der Waals surface area contributed by atoms with Crippen molar-refractivity contribution >= 4 is 5.97 Å². The minimum absolute atomic E-state index is 0. The van der Waals surface area contributed by atoms with Gasteiger partial charge in [0, 0.05) is 5.97 Å². The van der Waals surface area contributed by atoms with Crippen molar-refractivity contribution < 1.29 is 27.0 Å². The van der Waals surface area contributed by atoms with Gasteiger partial charge in [0.15, 0.2) is 0 Å². The summed E-state index contributed by atoms with van der Waals surface area (Å²) in [4.78, 5) is 10.4. The van der Waals surface area contributed by atoms with E-state index in [1.807, 2.05) is 13.8 Å². The Kier molecular flexibility index (Phi) is 9.98. The molecule has 0 aromatic heterocycles. The van der Waals surface area contributed by atoms with E-state index in [0.717, 1.165) is 25.7 Å². The van der Waals surface area contributed by atoms with Gasteiger partial charge in [-0.15, -0.1) is 0 Å². The van der Waals surface area contributed by atoms with Crippen LogP contribution in [0.4, 0.5) is 0 Å². The summed E-state index contributed by atoms with van der Waals surface area (Å²) >= 11 is 0. The maximum atomic E-state index is 10.4. The van der Waals surface area contributed by atoms with E-state index in [4.69, 9.17) is 0 Å². The Morgan fingerprint density at radius 2 is 1.64 bits per heavy atom. The molecule has 0 aliphatic carbocycles. The van der Waals surface area contributed by atoms with Crippen LogP contribution in [0.15, 0.2) is 0 Å². The Balaban J connectivity index is 0. The number of carboxylic acids is 1. The zero-order valence-electron chi connectivity index (χ0n) is 7.02. The molecule has 0 unspecified atom stereocenters. The molecule has 2 nitrogen and oxygen atoms in total. The number of rotatable bonds is 5. The van der Waals surface area contributed by atoms with Gasteiger partial charge in [-0.25, -0.2) is 0 Å². The summed E-state index contributed by atoms with van der Waals surface area (Å²) in [6.45, 7) is 3.98. The van der Waals surface area contributed by atoms with E-state index in [9.17, 15) is 9.90 Å². The van der Waals surface area contributed by atoms with E-state index in [-0.39, 0.29) is 23.0 Å². The summed E-state index contributed by atoms with van der Waals surface area (Å²) in [7, 11) is 0. The van der Waals surface area contributed by atoms with Crippen molar-refractivity contribution in [3.63, 3.8) is 0 Å². The van der Waals surface area contributed by atoms with E-state index in [1.54, 1.807) is 0 Å². The average molecular weight is 207 g/mol. The first kappa shape index (κ1) is 13.6. The number of hydrogen-bond donors (Lipinski definition) is 0. The van der Waals surface area contributed by atoms with Gasteiger partial charge in [0.2, 0.25) is 0 Å². The molecule has 1 radical (unpaired) electrons. The molecule has 0 heterocycles. The van der Waals surface area contributed by atoms with E-state index in [2.05, 4.69) is 0 Å². The van der Waals surface area contributed by atoms with E-state index in [0.29, 0.717) is 0 Å². The SMILES string of the molecule is CCCC(CCC)C(=O)[O-].[Cu+2]. The van der Waals surface area contributed by atoms with Crippen LogP contribution in [0.3, 0.4) is 0 Å². The molecular weight excluding hydrogens is 192 g/mol. The van der Waals surface area contributed by atoms with Crippen molar-refractivity contribution in [1.29, 1.82) is 0 Å². The molecule has 0 bridgehead atoms. The standard InChI is InChI=1S/C8H16O2.Cu/c1-3-5-7(6-4-2)8(9)10;/h7H,3-6H2,1-2H3,(H,9,10);/q;+2/p-1. The predicted molar refractivity (Wildman–Crippen MR) is 38.3 cm³/mol. The van der Waals surface area contributed by atoms with Crippen molar-refractivity contribution in [2.45, 2.75) is 39.5 Å². The average Bonchev–Trinajstić information content (AvgIpc) is 1.87. The molecule has 69 valence electrons. The molecule has 3 heteroatoms. The molecule has 0 saturated heterocycles. The molecule has 0 saturated carbocycles. The van der Waals surface area contributed by atoms with Crippen LogP contribution in [0, 0.1) is 5.92 Å². The maximum Gasteiger partial charge on any atom is 2.00 e. The van der Waals surface area contributed by atoms with Crippen LogP contribution in [-0.2, 0) is 21.9 Å². The molecular formula is C8H15CuO2+. The van der Waals surface area contributed by atoms with E-state index >= 15 is 0 Å².